The molecule has 0 saturated heterocycles. The molecule has 1 heterocycles. The molecule has 0 atom stereocenters. The minimum Gasteiger partial charge on any atom is -0.253 e. The maximum Gasteiger partial charge on any atom is 0.308 e. The summed E-state index contributed by atoms with van der Waals surface area (Å²) < 4.78 is 3.83. The van der Waals surface area contributed by atoms with E-state index in [2.05, 4.69) is 45.9 Å². The van der Waals surface area contributed by atoms with E-state index in [9.17, 15) is 0 Å². The van der Waals surface area contributed by atoms with Gasteiger partial charge in [0.15, 0.2) is 0 Å². The Morgan fingerprint density at radius 2 is 2.30 bits per heavy atom. The number of amidine groups is 1. The van der Waals surface area contributed by atoms with Crippen LogP contribution in [0.4, 0.5) is 0 Å². The highest BCUT2D eigenvalue weighted by atomic mass is 127. The summed E-state index contributed by atoms with van der Waals surface area (Å²) in [7, 11) is 0. The fraction of sp³-hybridized carbons (Fsp3) is 0.857. The molecule has 0 aromatic rings. The summed E-state index contributed by atoms with van der Waals surface area (Å²) >= 11 is 2.42. The van der Waals surface area contributed by atoms with Crippen LogP contribution in [0, 0.1) is 0 Å². The van der Waals surface area contributed by atoms with E-state index in [1.54, 1.807) is 0 Å². The van der Waals surface area contributed by atoms with Crippen molar-refractivity contribution in [1.29, 1.82) is 0 Å². The zero-order valence-corrected chi connectivity index (χ0v) is 8.76. The predicted octanol–water partition coefficient (Wildman–Crippen LogP) is 1.15. The third kappa shape index (κ3) is 1.44. The molecule has 1 aliphatic heterocycles. The summed E-state index contributed by atoms with van der Waals surface area (Å²) in [5, 5.41) is 0. The Balaban J connectivity index is 2.63. The van der Waals surface area contributed by atoms with Crippen molar-refractivity contribution in [3.05, 3.63) is 0 Å². The highest BCUT2D eigenvalue weighted by Gasteiger charge is 2.24. The van der Waals surface area contributed by atoms with Gasteiger partial charge in [-0.25, -0.2) is 0 Å². The molecule has 0 N–H and O–H groups in total. The molecule has 58 valence electrons. The van der Waals surface area contributed by atoms with Crippen LogP contribution in [0.1, 0.15) is 13.8 Å². The Labute approximate surface area is 76.1 Å². The van der Waals surface area contributed by atoms with Crippen LogP contribution in [0.25, 0.3) is 0 Å². The van der Waals surface area contributed by atoms with Gasteiger partial charge in [0.1, 0.15) is 13.1 Å². The zero-order valence-electron chi connectivity index (χ0n) is 6.60. The van der Waals surface area contributed by atoms with Crippen LogP contribution in [0.2, 0.25) is 0 Å². The second kappa shape index (κ2) is 3.55. The fourth-order valence-electron chi connectivity index (χ4n) is 1.20. The van der Waals surface area contributed by atoms with Gasteiger partial charge >= 0.3 is 3.84 Å². The van der Waals surface area contributed by atoms with Gasteiger partial charge in [0.05, 0.1) is 35.7 Å². The average molecular weight is 253 g/mol. The summed E-state index contributed by atoms with van der Waals surface area (Å²) in [6.45, 7) is 9.13. The van der Waals surface area contributed by atoms with E-state index in [4.69, 9.17) is 0 Å². The molecule has 0 amide bonds. The van der Waals surface area contributed by atoms with Crippen molar-refractivity contribution in [2.45, 2.75) is 13.8 Å². The van der Waals surface area contributed by atoms with Crippen LogP contribution < -0.4 is 0 Å². The second-order valence-electron chi connectivity index (χ2n) is 2.43. The van der Waals surface area contributed by atoms with Crippen molar-refractivity contribution in [1.82, 2.24) is 4.90 Å². The van der Waals surface area contributed by atoms with Crippen molar-refractivity contribution in [3.8, 4) is 0 Å². The molecule has 1 aliphatic rings. The lowest BCUT2D eigenvalue weighted by atomic mass is 10.5. The van der Waals surface area contributed by atoms with Crippen LogP contribution in [0.15, 0.2) is 0 Å². The monoisotopic (exact) mass is 253 g/mol. The first kappa shape index (κ1) is 8.30. The third-order valence-corrected chi connectivity index (χ3v) is 3.29. The van der Waals surface area contributed by atoms with Gasteiger partial charge in [-0.15, -0.1) is 0 Å². The Bertz CT molecular complexity index is 154. The Morgan fingerprint density at radius 3 is 2.60 bits per heavy atom. The topological polar surface area (TPSA) is 6.25 Å². The largest absolute Gasteiger partial charge is 0.308 e. The SMILES string of the molecule is CCN1CC[N+](CC)=C1I. The van der Waals surface area contributed by atoms with Gasteiger partial charge < -0.3 is 0 Å². The molecular formula is C7H14IN2+. The molecular weight excluding hydrogens is 239 g/mol. The predicted molar refractivity (Wildman–Crippen MR) is 51.9 cm³/mol. The first-order valence-electron chi connectivity index (χ1n) is 3.82. The first-order chi connectivity index (χ1) is 4.79. The molecule has 10 heavy (non-hydrogen) atoms. The Kier molecular flexibility index (Phi) is 2.95. The number of rotatable bonds is 2. The highest BCUT2D eigenvalue weighted by molar-refractivity contribution is 14.1. The Hall–Kier alpha value is 0.200. The number of nitrogens with zero attached hydrogens (tertiary/aromatic N) is 2. The summed E-state index contributed by atoms with van der Waals surface area (Å²) in [6, 6.07) is 0. The summed E-state index contributed by atoms with van der Waals surface area (Å²) in [6.07, 6.45) is 0. The van der Waals surface area contributed by atoms with Crippen molar-refractivity contribution < 1.29 is 4.58 Å². The maximum absolute atomic E-state index is 2.42. The van der Waals surface area contributed by atoms with Crippen molar-refractivity contribution in [3.63, 3.8) is 0 Å². The summed E-state index contributed by atoms with van der Waals surface area (Å²) in [4.78, 5) is 2.41. The van der Waals surface area contributed by atoms with Crippen LogP contribution in [0.3, 0.4) is 0 Å². The van der Waals surface area contributed by atoms with E-state index in [1.807, 2.05) is 0 Å². The van der Waals surface area contributed by atoms with E-state index in [1.165, 1.54) is 16.9 Å². The van der Waals surface area contributed by atoms with Crippen LogP contribution in [-0.4, -0.2) is 39.5 Å². The minimum atomic E-state index is 1.15. The summed E-state index contributed by atoms with van der Waals surface area (Å²) in [5.41, 5.74) is 0. The van der Waals surface area contributed by atoms with Crippen LogP contribution in [0.5, 0.6) is 0 Å². The standard InChI is InChI=1S/C7H14IN2/c1-3-9-5-6-10(4-2)7(9)8/h3-6H2,1-2H3/q+1. The van der Waals surface area contributed by atoms with Gasteiger partial charge in [0.2, 0.25) is 0 Å². The molecule has 0 aliphatic carbocycles. The lowest BCUT2D eigenvalue weighted by Crippen LogP contribution is -2.24. The lowest BCUT2D eigenvalue weighted by Gasteiger charge is -2.03. The molecule has 3 heteroatoms. The fourth-order valence-corrected chi connectivity index (χ4v) is 2.37. The van der Waals surface area contributed by atoms with Gasteiger partial charge in [-0.2, -0.15) is 0 Å². The van der Waals surface area contributed by atoms with Gasteiger partial charge in [-0.1, -0.05) is 0 Å². The quantitative estimate of drug-likeness (QED) is 0.406. The number of halogens is 1. The van der Waals surface area contributed by atoms with E-state index >= 15 is 0 Å². The lowest BCUT2D eigenvalue weighted by molar-refractivity contribution is -0.510. The van der Waals surface area contributed by atoms with E-state index in [0.29, 0.717) is 0 Å². The number of hydrogen-bond donors (Lipinski definition) is 0. The molecule has 0 aromatic carbocycles. The van der Waals surface area contributed by atoms with E-state index < -0.39 is 0 Å². The van der Waals surface area contributed by atoms with Gasteiger partial charge in [0, 0.05) is 0 Å². The molecule has 0 saturated carbocycles. The van der Waals surface area contributed by atoms with E-state index in [0.717, 1.165) is 13.1 Å². The van der Waals surface area contributed by atoms with E-state index in [-0.39, 0.29) is 0 Å². The molecule has 0 aromatic heterocycles. The Morgan fingerprint density at radius 1 is 1.60 bits per heavy atom. The first-order valence-corrected chi connectivity index (χ1v) is 4.89. The molecule has 0 bridgehead atoms. The smallest absolute Gasteiger partial charge is 0.253 e. The number of likely N-dealkylation sites (N-methyl/N-ethyl adjacent to an activating group) is 2. The molecule has 0 fully saturated rings. The van der Waals surface area contributed by atoms with Crippen molar-refractivity contribution >= 4 is 26.4 Å². The normalized spacial score (nSPS) is 18.9. The molecule has 0 spiro atoms. The third-order valence-electron chi connectivity index (χ3n) is 1.93. The zero-order chi connectivity index (χ0) is 7.56. The number of hydrogen-bond acceptors (Lipinski definition) is 1. The van der Waals surface area contributed by atoms with Gasteiger partial charge in [0.25, 0.3) is 0 Å². The van der Waals surface area contributed by atoms with Gasteiger partial charge in [-0.3, -0.25) is 9.48 Å². The van der Waals surface area contributed by atoms with Crippen LogP contribution >= 0.6 is 22.6 Å². The van der Waals surface area contributed by atoms with Gasteiger partial charge in [-0.05, 0) is 13.8 Å². The van der Waals surface area contributed by atoms with Crippen LogP contribution in [-0.2, 0) is 0 Å². The van der Waals surface area contributed by atoms with Crippen molar-refractivity contribution in [2.24, 2.45) is 0 Å². The highest BCUT2D eigenvalue weighted by Crippen LogP contribution is 2.06. The average Bonchev–Trinajstić information content (AvgIpc) is 2.30. The molecule has 1 rings (SSSR count). The maximum atomic E-state index is 2.42. The van der Waals surface area contributed by atoms with Crippen molar-refractivity contribution in [2.75, 3.05) is 26.2 Å². The summed E-state index contributed by atoms with van der Waals surface area (Å²) in [5.74, 6) is 0. The molecule has 0 radical (unpaired) electrons. The second-order valence-corrected chi connectivity index (χ2v) is 3.39. The molecule has 2 nitrogen and oxygen atoms in total. The minimum absolute atomic E-state index is 1.15. The molecule has 0 unspecified atom stereocenters.